The SMILES string of the molecule is CC1CNCCC1OC(F)F.Cl. The molecule has 0 aromatic carbocycles. The van der Waals surface area contributed by atoms with Gasteiger partial charge in [0, 0.05) is 6.54 Å². The van der Waals surface area contributed by atoms with Crippen LogP contribution in [0.15, 0.2) is 0 Å². The number of ether oxygens (including phenoxy) is 1. The molecule has 0 saturated carbocycles. The Bertz CT molecular complexity index is 126. The van der Waals surface area contributed by atoms with E-state index in [4.69, 9.17) is 0 Å². The Labute approximate surface area is 77.1 Å². The normalized spacial score (nSPS) is 30.0. The maximum Gasteiger partial charge on any atom is 0.345 e. The highest BCUT2D eigenvalue weighted by Crippen LogP contribution is 2.16. The molecule has 0 radical (unpaired) electrons. The van der Waals surface area contributed by atoms with Crippen molar-refractivity contribution in [2.45, 2.75) is 26.1 Å². The Hall–Kier alpha value is 0.0700. The molecule has 1 heterocycles. The zero-order valence-electron chi connectivity index (χ0n) is 6.93. The lowest BCUT2D eigenvalue weighted by atomic mass is 9.98. The van der Waals surface area contributed by atoms with Gasteiger partial charge in [-0.1, -0.05) is 6.92 Å². The zero-order chi connectivity index (χ0) is 8.27. The van der Waals surface area contributed by atoms with Crippen LogP contribution in [0.1, 0.15) is 13.3 Å². The standard InChI is InChI=1S/C7H13F2NO.ClH/c1-5-4-10-3-2-6(5)11-7(8)9;/h5-7,10H,2-4H2,1H3;1H. The van der Waals surface area contributed by atoms with Gasteiger partial charge in [-0.2, -0.15) is 8.78 Å². The number of halogens is 3. The van der Waals surface area contributed by atoms with Gasteiger partial charge in [-0.25, -0.2) is 0 Å². The van der Waals surface area contributed by atoms with E-state index < -0.39 is 6.61 Å². The van der Waals surface area contributed by atoms with E-state index in [2.05, 4.69) is 10.1 Å². The van der Waals surface area contributed by atoms with Crippen molar-refractivity contribution < 1.29 is 13.5 Å². The van der Waals surface area contributed by atoms with Gasteiger partial charge in [-0.3, -0.25) is 0 Å². The smallest absolute Gasteiger partial charge is 0.319 e. The van der Waals surface area contributed by atoms with E-state index in [0.29, 0.717) is 6.42 Å². The van der Waals surface area contributed by atoms with Crippen molar-refractivity contribution in [3.8, 4) is 0 Å². The van der Waals surface area contributed by atoms with Gasteiger partial charge in [0.25, 0.3) is 0 Å². The summed E-state index contributed by atoms with van der Waals surface area (Å²) >= 11 is 0. The predicted octanol–water partition coefficient (Wildman–Crippen LogP) is 1.65. The molecular weight excluding hydrogens is 188 g/mol. The Morgan fingerprint density at radius 1 is 1.50 bits per heavy atom. The van der Waals surface area contributed by atoms with Gasteiger partial charge in [0.15, 0.2) is 0 Å². The summed E-state index contributed by atoms with van der Waals surface area (Å²) in [5.41, 5.74) is 0. The number of nitrogens with one attached hydrogen (secondary N) is 1. The van der Waals surface area contributed by atoms with Crippen LogP contribution in [0.4, 0.5) is 8.78 Å². The van der Waals surface area contributed by atoms with Crippen molar-refractivity contribution in [1.29, 1.82) is 0 Å². The molecule has 0 spiro atoms. The quantitative estimate of drug-likeness (QED) is 0.734. The van der Waals surface area contributed by atoms with Crippen LogP contribution >= 0.6 is 12.4 Å². The topological polar surface area (TPSA) is 21.3 Å². The number of piperidine rings is 1. The lowest BCUT2D eigenvalue weighted by Crippen LogP contribution is -2.40. The second kappa shape index (κ2) is 5.67. The molecule has 0 bridgehead atoms. The molecule has 0 aliphatic carbocycles. The number of hydrogen-bond donors (Lipinski definition) is 1. The lowest BCUT2D eigenvalue weighted by molar-refractivity contribution is -0.179. The van der Waals surface area contributed by atoms with E-state index in [-0.39, 0.29) is 24.4 Å². The van der Waals surface area contributed by atoms with Gasteiger partial charge in [0.1, 0.15) is 0 Å². The molecule has 5 heteroatoms. The van der Waals surface area contributed by atoms with Crippen molar-refractivity contribution in [3.05, 3.63) is 0 Å². The minimum atomic E-state index is -2.62. The van der Waals surface area contributed by atoms with Crippen molar-refractivity contribution in [3.63, 3.8) is 0 Å². The van der Waals surface area contributed by atoms with Gasteiger partial charge < -0.3 is 10.1 Å². The van der Waals surface area contributed by atoms with Crippen LogP contribution in [0.2, 0.25) is 0 Å². The molecule has 1 N–H and O–H groups in total. The first-order chi connectivity index (χ1) is 5.20. The Morgan fingerprint density at radius 3 is 2.67 bits per heavy atom. The molecule has 2 nitrogen and oxygen atoms in total. The van der Waals surface area contributed by atoms with Crippen LogP contribution in [0.3, 0.4) is 0 Å². The summed E-state index contributed by atoms with van der Waals surface area (Å²) in [5, 5.41) is 3.11. The average Bonchev–Trinajstić information content (AvgIpc) is 1.93. The summed E-state index contributed by atoms with van der Waals surface area (Å²) in [6.07, 6.45) is 0.419. The van der Waals surface area contributed by atoms with Gasteiger partial charge in [-0.05, 0) is 18.9 Å². The van der Waals surface area contributed by atoms with Crippen molar-refractivity contribution in [2.24, 2.45) is 5.92 Å². The van der Waals surface area contributed by atoms with E-state index >= 15 is 0 Å². The van der Waals surface area contributed by atoms with Crippen molar-refractivity contribution >= 4 is 12.4 Å². The number of alkyl halides is 2. The molecular formula is C7H14ClF2NO. The fourth-order valence-electron chi connectivity index (χ4n) is 1.32. The average molecular weight is 202 g/mol. The van der Waals surface area contributed by atoms with Gasteiger partial charge in [0.2, 0.25) is 0 Å². The van der Waals surface area contributed by atoms with E-state index in [0.717, 1.165) is 13.1 Å². The van der Waals surface area contributed by atoms with Crippen LogP contribution in [0.5, 0.6) is 0 Å². The maximum absolute atomic E-state index is 11.8. The Morgan fingerprint density at radius 2 is 2.17 bits per heavy atom. The highest BCUT2D eigenvalue weighted by atomic mass is 35.5. The zero-order valence-corrected chi connectivity index (χ0v) is 7.74. The molecule has 1 rings (SSSR count). The van der Waals surface area contributed by atoms with E-state index in [1.54, 1.807) is 0 Å². The third-order valence-corrected chi connectivity index (χ3v) is 1.98. The molecule has 1 aliphatic rings. The second-order valence-corrected chi connectivity index (χ2v) is 2.91. The molecule has 2 atom stereocenters. The summed E-state index contributed by atoms with van der Waals surface area (Å²) < 4.78 is 27.9. The van der Waals surface area contributed by atoms with Gasteiger partial charge in [-0.15, -0.1) is 12.4 Å². The minimum absolute atomic E-state index is 0. The molecule has 12 heavy (non-hydrogen) atoms. The maximum atomic E-state index is 11.8. The molecule has 1 aliphatic heterocycles. The molecule has 2 unspecified atom stereocenters. The highest BCUT2D eigenvalue weighted by molar-refractivity contribution is 5.85. The Kier molecular flexibility index (Phi) is 5.70. The molecule has 0 amide bonds. The Balaban J connectivity index is 0.00000121. The van der Waals surface area contributed by atoms with E-state index in [9.17, 15) is 8.78 Å². The molecule has 1 saturated heterocycles. The first-order valence-corrected chi connectivity index (χ1v) is 3.84. The number of hydrogen-bond acceptors (Lipinski definition) is 2. The summed E-state index contributed by atoms with van der Waals surface area (Å²) in [4.78, 5) is 0. The first-order valence-electron chi connectivity index (χ1n) is 3.84. The van der Waals surface area contributed by atoms with Crippen LogP contribution in [-0.2, 0) is 4.74 Å². The summed E-state index contributed by atoms with van der Waals surface area (Å²) in [7, 11) is 0. The van der Waals surface area contributed by atoms with Crippen LogP contribution in [-0.4, -0.2) is 25.8 Å². The van der Waals surface area contributed by atoms with E-state index in [1.165, 1.54) is 0 Å². The van der Waals surface area contributed by atoms with Gasteiger partial charge in [0.05, 0.1) is 6.10 Å². The van der Waals surface area contributed by atoms with Gasteiger partial charge >= 0.3 is 6.61 Å². The summed E-state index contributed by atoms with van der Waals surface area (Å²) in [6.45, 7) is 0.846. The third kappa shape index (κ3) is 3.65. The molecule has 74 valence electrons. The molecule has 0 aromatic rings. The minimum Gasteiger partial charge on any atom is -0.319 e. The lowest BCUT2D eigenvalue weighted by Gasteiger charge is -2.28. The van der Waals surface area contributed by atoms with Crippen LogP contribution in [0.25, 0.3) is 0 Å². The third-order valence-electron chi connectivity index (χ3n) is 1.98. The molecule has 0 aromatic heterocycles. The first kappa shape index (κ1) is 12.1. The monoisotopic (exact) mass is 201 g/mol. The largest absolute Gasteiger partial charge is 0.345 e. The van der Waals surface area contributed by atoms with Crippen molar-refractivity contribution in [2.75, 3.05) is 13.1 Å². The van der Waals surface area contributed by atoms with Crippen LogP contribution < -0.4 is 5.32 Å². The molecule has 1 fully saturated rings. The van der Waals surface area contributed by atoms with Crippen LogP contribution in [0, 0.1) is 5.92 Å². The summed E-state index contributed by atoms with van der Waals surface area (Å²) in [6, 6.07) is 0. The fraction of sp³-hybridized carbons (Fsp3) is 1.00. The van der Waals surface area contributed by atoms with Crippen molar-refractivity contribution in [1.82, 2.24) is 5.32 Å². The predicted molar refractivity (Wildman–Crippen MR) is 44.8 cm³/mol. The van der Waals surface area contributed by atoms with E-state index in [1.807, 2.05) is 6.92 Å². The fourth-order valence-corrected chi connectivity index (χ4v) is 1.32. The number of rotatable bonds is 2. The second-order valence-electron chi connectivity index (χ2n) is 2.91. The highest BCUT2D eigenvalue weighted by Gasteiger charge is 2.24. The summed E-state index contributed by atoms with van der Waals surface area (Å²) in [5.74, 6) is 0.192.